The molecular formula is C13H27N3. The lowest BCUT2D eigenvalue weighted by molar-refractivity contribution is 0.236. The molecule has 0 aromatic carbocycles. The SMILES string of the molecule is CCC(C(=N)N)N1CCCC(C(C)C)CC1. The molecule has 94 valence electrons. The Bertz CT molecular complexity index is 225. The van der Waals surface area contributed by atoms with Gasteiger partial charge in [-0.05, 0) is 50.6 Å². The quantitative estimate of drug-likeness (QED) is 0.570. The van der Waals surface area contributed by atoms with Crippen molar-refractivity contribution >= 4 is 5.84 Å². The highest BCUT2D eigenvalue weighted by molar-refractivity contribution is 5.82. The van der Waals surface area contributed by atoms with Gasteiger partial charge in [-0.25, -0.2) is 0 Å². The van der Waals surface area contributed by atoms with Crippen LogP contribution in [0.1, 0.15) is 46.5 Å². The van der Waals surface area contributed by atoms with Gasteiger partial charge in [0.2, 0.25) is 0 Å². The highest BCUT2D eigenvalue weighted by Crippen LogP contribution is 2.25. The summed E-state index contributed by atoms with van der Waals surface area (Å²) in [6, 6.07) is 0.172. The summed E-state index contributed by atoms with van der Waals surface area (Å²) in [6.45, 7) is 8.99. The zero-order valence-electron chi connectivity index (χ0n) is 11.0. The first kappa shape index (κ1) is 13.5. The molecule has 0 aromatic heterocycles. The van der Waals surface area contributed by atoms with Gasteiger partial charge in [-0.2, -0.15) is 0 Å². The van der Waals surface area contributed by atoms with Crippen molar-refractivity contribution in [2.75, 3.05) is 13.1 Å². The third kappa shape index (κ3) is 3.48. The number of hydrogen-bond donors (Lipinski definition) is 2. The largest absolute Gasteiger partial charge is 0.386 e. The molecule has 0 aliphatic carbocycles. The van der Waals surface area contributed by atoms with E-state index in [1.807, 2.05) is 0 Å². The number of nitrogens with zero attached hydrogens (tertiary/aromatic N) is 1. The molecule has 2 unspecified atom stereocenters. The summed E-state index contributed by atoms with van der Waals surface area (Å²) < 4.78 is 0. The van der Waals surface area contributed by atoms with Crippen molar-refractivity contribution in [1.29, 1.82) is 5.41 Å². The number of nitrogens with two attached hydrogens (primary N) is 1. The summed E-state index contributed by atoms with van der Waals surface area (Å²) in [4.78, 5) is 2.41. The Morgan fingerprint density at radius 3 is 2.56 bits per heavy atom. The van der Waals surface area contributed by atoms with Gasteiger partial charge in [0.25, 0.3) is 0 Å². The van der Waals surface area contributed by atoms with E-state index < -0.39 is 0 Å². The molecule has 3 N–H and O–H groups in total. The molecule has 0 aromatic rings. The lowest BCUT2D eigenvalue weighted by Gasteiger charge is -2.29. The molecule has 1 rings (SSSR count). The van der Waals surface area contributed by atoms with Crippen LogP contribution in [0, 0.1) is 17.2 Å². The van der Waals surface area contributed by atoms with Gasteiger partial charge in [0, 0.05) is 0 Å². The van der Waals surface area contributed by atoms with Gasteiger partial charge < -0.3 is 5.73 Å². The minimum atomic E-state index is 0.172. The number of amidine groups is 1. The summed E-state index contributed by atoms with van der Waals surface area (Å²) in [5.41, 5.74) is 5.67. The molecule has 0 saturated carbocycles. The molecule has 3 nitrogen and oxygen atoms in total. The van der Waals surface area contributed by atoms with E-state index in [-0.39, 0.29) is 6.04 Å². The molecule has 1 aliphatic rings. The molecule has 1 heterocycles. The summed E-state index contributed by atoms with van der Waals surface area (Å²) in [6.07, 6.45) is 4.82. The Labute approximate surface area is 99.9 Å². The third-order valence-electron chi connectivity index (χ3n) is 3.94. The minimum absolute atomic E-state index is 0.172. The van der Waals surface area contributed by atoms with E-state index in [4.69, 9.17) is 11.1 Å². The average molecular weight is 225 g/mol. The average Bonchev–Trinajstić information content (AvgIpc) is 2.44. The van der Waals surface area contributed by atoms with Crippen LogP contribution in [0.15, 0.2) is 0 Å². The van der Waals surface area contributed by atoms with Crippen LogP contribution < -0.4 is 5.73 Å². The van der Waals surface area contributed by atoms with Gasteiger partial charge in [0.15, 0.2) is 0 Å². The fraction of sp³-hybridized carbons (Fsp3) is 0.923. The van der Waals surface area contributed by atoms with Gasteiger partial charge in [-0.3, -0.25) is 10.3 Å². The van der Waals surface area contributed by atoms with Gasteiger partial charge in [-0.1, -0.05) is 20.8 Å². The molecule has 0 radical (unpaired) electrons. The first-order chi connectivity index (χ1) is 7.56. The fourth-order valence-electron chi connectivity index (χ4n) is 2.80. The second kappa shape index (κ2) is 6.24. The van der Waals surface area contributed by atoms with E-state index in [1.165, 1.54) is 19.3 Å². The summed E-state index contributed by atoms with van der Waals surface area (Å²) >= 11 is 0. The van der Waals surface area contributed by atoms with E-state index in [1.54, 1.807) is 0 Å². The summed E-state index contributed by atoms with van der Waals surface area (Å²) in [5.74, 6) is 1.98. The maximum Gasteiger partial charge on any atom is 0.108 e. The van der Waals surface area contributed by atoms with Crippen LogP contribution in [0.25, 0.3) is 0 Å². The standard InChI is InChI=1S/C13H27N3/c1-4-12(13(14)15)16-8-5-6-11(7-9-16)10(2)3/h10-12H,4-9H2,1-3H3,(H3,14,15). The maximum atomic E-state index is 7.63. The smallest absolute Gasteiger partial charge is 0.108 e. The Balaban J connectivity index is 2.55. The van der Waals surface area contributed by atoms with Crippen molar-refractivity contribution in [3.8, 4) is 0 Å². The van der Waals surface area contributed by atoms with Crippen LogP contribution in [-0.2, 0) is 0 Å². The van der Waals surface area contributed by atoms with Crippen LogP contribution in [0.3, 0.4) is 0 Å². The molecule has 1 fully saturated rings. The van der Waals surface area contributed by atoms with Crippen molar-refractivity contribution in [2.45, 2.75) is 52.5 Å². The second-order valence-corrected chi connectivity index (χ2v) is 5.35. The van der Waals surface area contributed by atoms with E-state index >= 15 is 0 Å². The second-order valence-electron chi connectivity index (χ2n) is 5.35. The lowest BCUT2D eigenvalue weighted by Crippen LogP contribution is -2.44. The van der Waals surface area contributed by atoms with Crippen LogP contribution in [0.2, 0.25) is 0 Å². The zero-order chi connectivity index (χ0) is 12.1. The predicted molar refractivity (Wildman–Crippen MR) is 69.7 cm³/mol. The fourth-order valence-corrected chi connectivity index (χ4v) is 2.80. The zero-order valence-corrected chi connectivity index (χ0v) is 11.0. The molecule has 0 bridgehead atoms. The molecule has 2 atom stereocenters. The lowest BCUT2D eigenvalue weighted by atomic mass is 9.89. The third-order valence-corrected chi connectivity index (χ3v) is 3.94. The van der Waals surface area contributed by atoms with E-state index in [0.717, 1.165) is 31.3 Å². The Hall–Kier alpha value is -0.570. The molecule has 0 spiro atoms. The van der Waals surface area contributed by atoms with Crippen molar-refractivity contribution in [3.05, 3.63) is 0 Å². The van der Waals surface area contributed by atoms with Crippen LogP contribution in [-0.4, -0.2) is 29.9 Å². The van der Waals surface area contributed by atoms with Gasteiger partial charge in [-0.15, -0.1) is 0 Å². The Morgan fingerprint density at radius 2 is 2.06 bits per heavy atom. The highest BCUT2D eigenvalue weighted by Gasteiger charge is 2.24. The topological polar surface area (TPSA) is 53.1 Å². The summed E-state index contributed by atoms with van der Waals surface area (Å²) in [7, 11) is 0. The number of rotatable bonds is 4. The van der Waals surface area contributed by atoms with Gasteiger partial charge >= 0.3 is 0 Å². The highest BCUT2D eigenvalue weighted by atomic mass is 15.2. The Kier molecular flexibility index (Phi) is 5.26. The molecule has 0 amide bonds. The van der Waals surface area contributed by atoms with Crippen LogP contribution >= 0.6 is 0 Å². The van der Waals surface area contributed by atoms with Crippen molar-refractivity contribution in [2.24, 2.45) is 17.6 Å². The monoisotopic (exact) mass is 225 g/mol. The van der Waals surface area contributed by atoms with Crippen LogP contribution in [0.4, 0.5) is 0 Å². The number of likely N-dealkylation sites (tertiary alicyclic amines) is 1. The molecule has 1 saturated heterocycles. The first-order valence-corrected chi connectivity index (χ1v) is 6.64. The molecular weight excluding hydrogens is 198 g/mol. The van der Waals surface area contributed by atoms with Gasteiger partial charge in [0.05, 0.1) is 6.04 Å². The maximum absolute atomic E-state index is 7.63. The van der Waals surface area contributed by atoms with Gasteiger partial charge in [0.1, 0.15) is 5.84 Å². The first-order valence-electron chi connectivity index (χ1n) is 6.64. The predicted octanol–water partition coefficient (Wildman–Crippen LogP) is 2.46. The van der Waals surface area contributed by atoms with Crippen LogP contribution in [0.5, 0.6) is 0 Å². The Morgan fingerprint density at radius 1 is 1.38 bits per heavy atom. The van der Waals surface area contributed by atoms with Crippen molar-refractivity contribution in [1.82, 2.24) is 4.90 Å². The molecule has 16 heavy (non-hydrogen) atoms. The van der Waals surface area contributed by atoms with E-state index in [9.17, 15) is 0 Å². The minimum Gasteiger partial charge on any atom is -0.386 e. The summed E-state index contributed by atoms with van der Waals surface area (Å²) in [5, 5.41) is 7.63. The van der Waals surface area contributed by atoms with E-state index in [0.29, 0.717) is 5.84 Å². The number of nitrogens with one attached hydrogen (secondary N) is 1. The normalized spacial score (nSPS) is 25.4. The van der Waals surface area contributed by atoms with Crippen molar-refractivity contribution in [3.63, 3.8) is 0 Å². The molecule has 1 aliphatic heterocycles. The molecule has 3 heteroatoms. The van der Waals surface area contributed by atoms with Crippen molar-refractivity contribution < 1.29 is 0 Å². The number of hydrogen-bond acceptors (Lipinski definition) is 2. The van der Waals surface area contributed by atoms with E-state index in [2.05, 4.69) is 25.7 Å².